The minimum absolute atomic E-state index is 0.343. The number of rotatable bonds is 9. The summed E-state index contributed by atoms with van der Waals surface area (Å²) in [5.41, 5.74) is 3.19. The summed E-state index contributed by atoms with van der Waals surface area (Å²) in [4.78, 5) is 4.03. The molecular weight excluding hydrogens is 395 g/mol. The average Bonchev–Trinajstić information content (AvgIpc) is 2.69. The first-order chi connectivity index (χ1) is 13.7. The molecule has 0 saturated carbocycles. The summed E-state index contributed by atoms with van der Waals surface area (Å²) >= 11 is 12.2. The van der Waals surface area contributed by atoms with E-state index < -0.39 is 0 Å². The molecule has 0 saturated heterocycles. The highest BCUT2D eigenvalue weighted by Gasteiger charge is 2.09. The average molecular weight is 417 g/mol. The molecule has 0 unspecified atom stereocenters. The Balaban J connectivity index is 1.63. The number of halogens is 2. The Bertz CT molecular complexity index is 904. The van der Waals surface area contributed by atoms with E-state index in [2.05, 4.69) is 10.3 Å². The highest BCUT2D eigenvalue weighted by molar-refractivity contribution is 6.35. The third kappa shape index (κ3) is 5.86. The Morgan fingerprint density at radius 1 is 0.857 bits per heavy atom. The molecule has 0 aliphatic heterocycles. The van der Waals surface area contributed by atoms with E-state index in [0.29, 0.717) is 29.0 Å². The number of nitrogens with one attached hydrogen (secondary N) is 1. The van der Waals surface area contributed by atoms with Crippen LogP contribution in [0.5, 0.6) is 11.5 Å². The highest BCUT2D eigenvalue weighted by Crippen LogP contribution is 2.30. The molecule has 3 rings (SSSR count). The summed E-state index contributed by atoms with van der Waals surface area (Å²) in [6.07, 6.45) is 3.59. The molecule has 28 heavy (non-hydrogen) atoms. The third-order valence-corrected chi connectivity index (χ3v) is 4.70. The molecular formula is C22H22Cl2N2O2. The van der Waals surface area contributed by atoms with Crippen LogP contribution in [0.2, 0.25) is 10.0 Å². The fourth-order valence-corrected chi connectivity index (χ4v) is 3.16. The molecule has 146 valence electrons. The second-order valence-electron chi connectivity index (χ2n) is 6.20. The molecule has 0 bridgehead atoms. The van der Waals surface area contributed by atoms with Gasteiger partial charge >= 0.3 is 0 Å². The largest absolute Gasteiger partial charge is 0.490 e. The van der Waals surface area contributed by atoms with E-state index in [1.54, 1.807) is 24.5 Å². The molecule has 3 aromatic rings. The van der Waals surface area contributed by atoms with E-state index >= 15 is 0 Å². The Morgan fingerprint density at radius 2 is 1.64 bits per heavy atom. The lowest BCUT2D eigenvalue weighted by molar-refractivity contribution is 0.269. The quantitative estimate of drug-likeness (QED) is 0.488. The fourth-order valence-electron chi connectivity index (χ4n) is 2.70. The van der Waals surface area contributed by atoms with Crippen LogP contribution in [0, 0.1) is 0 Å². The molecule has 1 heterocycles. The smallest absolute Gasteiger partial charge is 0.161 e. The molecule has 1 aromatic heterocycles. The molecule has 4 nitrogen and oxygen atoms in total. The summed E-state index contributed by atoms with van der Waals surface area (Å²) in [6, 6.07) is 15.3. The van der Waals surface area contributed by atoms with Gasteiger partial charge in [0.2, 0.25) is 0 Å². The monoisotopic (exact) mass is 416 g/mol. The van der Waals surface area contributed by atoms with E-state index in [9.17, 15) is 0 Å². The van der Waals surface area contributed by atoms with Gasteiger partial charge in [0.25, 0.3) is 0 Å². The van der Waals surface area contributed by atoms with Crippen molar-refractivity contribution in [2.75, 3.05) is 6.61 Å². The van der Waals surface area contributed by atoms with E-state index in [1.807, 2.05) is 43.3 Å². The van der Waals surface area contributed by atoms with Crippen molar-refractivity contribution >= 4 is 23.2 Å². The van der Waals surface area contributed by atoms with Crippen LogP contribution in [0.1, 0.15) is 23.6 Å². The van der Waals surface area contributed by atoms with Crippen LogP contribution < -0.4 is 14.8 Å². The minimum Gasteiger partial charge on any atom is -0.490 e. The van der Waals surface area contributed by atoms with Crippen LogP contribution in [-0.4, -0.2) is 11.6 Å². The Labute approximate surface area is 175 Å². The van der Waals surface area contributed by atoms with E-state index in [4.69, 9.17) is 32.7 Å². The van der Waals surface area contributed by atoms with Gasteiger partial charge in [-0.05, 0) is 54.4 Å². The number of hydrogen-bond acceptors (Lipinski definition) is 4. The van der Waals surface area contributed by atoms with Gasteiger partial charge in [-0.25, -0.2) is 0 Å². The Kier molecular flexibility index (Phi) is 7.54. The van der Waals surface area contributed by atoms with Gasteiger partial charge in [-0.2, -0.15) is 0 Å². The van der Waals surface area contributed by atoms with Gasteiger partial charge in [0.05, 0.1) is 6.61 Å². The van der Waals surface area contributed by atoms with Crippen molar-refractivity contribution in [1.29, 1.82) is 0 Å². The van der Waals surface area contributed by atoms with Crippen molar-refractivity contribution < 1.29 is 9.47 Å². The lowest BCUT2D eigenvalue weighted by atomic mass is 10.2. The maximum absolute atomic E-state index is 6.22. The second kappa shape index (κ2) is 10.3. The molecule has 0 amide bonds. The molecule has 6 heteroatoms. The van der Waals surface area contributed by atoms with E-state index in [0.717, 1.165) is 30.0 Å². The van der Waals surface area contributed by atoms with Crippen molar-refractivity contribution in [1.82, 2.24) is 10.3 Å². The van der Waals surface area contributed by atoms with Gasteiger partial charge in [-0.1, -0.05) is 35.3 Å². The van der Waals surface area contributed by atoms with Gasteiger partial charge in [-0.3, -0.25) is 4.98 Å². The maximum atomic E-state index is 6.22. The van der Waals surface area contributed by atoms with E-state index in [-0.39, 0.29) is 0 Å². The molecule has 0 fully saturated rings. The van der Waals surface area contributed by atoms with Crippen molar-refractivity contribution in [2.24, 2.45) is 0 Å². The van der Waals surface area contributed by atoms with Crippen LogP contribution >= 0.6 is 23.2 Å². The van der Waals surface area contributed by atoms with Crippen LogP contribution in [0.4, 0.5) is 0 Å². The zero-order valence-electron chi connectivity index (χ0n) is 15.6. The predicted octanol–water partition coefficient (Wildman–Crippen LogP) is 5.66. The topological polar surface area (TPSA) is 43.4 Å². The number of ether oxygens (including phenoxy) is 2. The second-order valence-corrected chi connectivity index (χ2v) is 7.04. The van der Waals surface area contributed by atoms with Crippen molar-refractivity contribution in [3.63, 3.8) is 0 Å². The van der Waals surface area contributed by atoms with Gasteiger partial charge in [0.15, 0.2) is 11.5 Å². The number of pyridine rings is 1. The zero-order valence-corrected chi connectivity index (χ0v) is 17.1. The Morgan fingerprint density at radius 3 is 2.39 bits per heavy atom. The van der Waals surface area contributed by atoms with Crippen LogP contribution in [0.3, 0.4) is 0 Å². The summed E-state index contributed by atoms with van der Waals surface area (Å²) in [7, 11) is 0. The SMILES string of the molecule is CCOc1cc(CNCc2ccncc2)ccc1OCc1ccc(Cl)cc1Cl. The van der Waals surface area contributed by atoms with Gasteiger partial charge in [0.1, 0.15) is 6.61 Å². The zero-order chi connectivity index (χ0) is 19.8. The van der Waals surface area contributed by atoms with Crippen molar-refractivity contribution in [2.45, 2.75) is 26.6 Å². The van der Waals surface area contributed by atoms with Crippen LogP contribution in [-0.2, 0) is 19.7 Å². The molecule has 0 aliphatic carbocycles. The van der Waals surface area contributed by atoms with Crippen LogP contribution in [0.15, 0.2) is 60.9 Å². The lowest BCUT2D eigenvalue weighted by Crippen LogP contribution is -2.13. The molecule has 0 aliphatic rings. The summed E-state index contributed by atoms with van der Waals surface area (Å²) in [6.45, 7) is 4.36. The number of benzene rings is 2. The van der Waals surface area contributed by atoms with Gasteiger partial charge in [0, 0.05) is 41.1 Å². The first-order valence-corrected chi connectivity index (χ1v) is 9.83. The lowest BCUT2D eigenvalue weighted by Gasteiger charge is -2.14. The highest BCUT2D eigenvalue weighted by atomic mass is 35.5. The predicted molar refractivity (Wildman–Crippen MR) is 113 cm³/mol. The molecule has 0 spiro atoms. The number of aromatic nitrogens is 1. The maximum Gasteiger partial charge on any atom is 0.161 e. The molecule has 0 atom stereocenters. The van der Waals surface area contributed by atoms with Gasteiger partial charge < -0.3 is 14.8 Å². The molecule has 1 N–H and O–H groups in total. The normalized spacial score (nSPS) is 10.7. The first-order valence-electron chi connectivity index (χ1n) is 9.07. The molecule has 0 radical (unpaired) electrons. The van der Waals surface area contributed by atoms with Crippen LogP contribution in [0.25, 0.3) is 0 Å². The van der Waals surface area contributed by atoms with Gasteiger partial charge in [-0.15, -0.1) is 0 Å². The number of hydrogen-bond donors (Lipinski definition) is 1. The minimum atomic E-state index is 0.343. The van der Waals surface area contributed by atoms with Crippen molar-refractivity contribution in [3.8, 4) is 11.5 Å². The summed E-state index contributed by atoms with van der Waals surface area (Å²) in [5, 5.41) is 4.61. The van der Waals surface area contributed by atoms with E-state index in [1.165, 1.54) is 5.56 Å². The Hall–Kier alpha value is -2.27. The fraction of sp³-hybridized carbons (Fsp3) is 0.227. The standard InChI is InChI=1S/C22H22Cl2N2O2/c1-2-27-22-11-17(14-26-13-16-7-9-25-10-8-16)3-6-21(22)28-15-18-4-5-19(23)12-20(18)24/h3-12,26H,2,13-15H2,1H3. The summed E-state index contributed by atoms with van der Waals surface area (Å²) < 4.78 is 11.7. The molecule has 2 aromatic carbocycles. The first kappa shape index (κ1) is 20.5. The third-order valence-electron chi connectivity index (χ3n) is 4.11. The number of nitrogens with zero attached hydrogens (tertiary/aromatic N) is 1. The summed E-state index contributed by atoms with van der Waals surface area (Å²) in [5.74, 6) is 1.40. The van der Waals surface area contributed by atoms with Crippen molar-refractivity contribution in [3.05, 3.63) is 87.7 Å².